The summed E-state index contributed by atoms with van der Waals surface area (Å²) >= 11 is 6.23. The Kier molecular flexibility index (Phi) is 9.22. The van der Waals surface area contributed by atoms with E-state index in [1.54, 1.807) is 18.2 Å². The molecule has 1 heterocycles. The second-order valence-corrected chi connectivity index (χ2v) is 8.56. The number of ether oxygens (including phenoxy) is 2. The Morgan fingerprint density at radius 2 is 1.91 bits per heavy atom. The first-order chi connectivity index (χ1) is 16.4. The lowest BCUT2D eigenvalue weighted by atomic mass is 10.1. The van der Waals surface area contributed by atoms with Crippen molar-refractivity contribution in [2.45, 2.75) is 38.6 Å². The molecule has 1 aliphatic rings. The molecule has 1 saturated heterocycles. The van der Waals surface area contributed by atoms with Gasteiger partial charge in [-0.25, -0.2) is 0 Å². The predicted octanol–water partition coefficient (Wildman–Crippen LogP) is 4.89. The van der Waals surface area contributed by atoms with Gasteiger partial charge in [0.25, 0.3) is 0 Å². The van der Waals surface area contributed by atoms with Crippen LogP contribution in [0.15, 0.2) is 42.5 Å². The molecule has 0 radical (unpaired) electrons. The lowest BCUT2D eigenvalue weighted by molar-refractivity contribution is -0.123. The van der Waals surface area contributed by atoms with Crippen LogP contribution < -0.4 is 25.0 Å². The number of nitrogens with zero attached hydrogens (tertiary/aromatic N) is 1. The number of anilines is 2. The zero-order valence-corrected chi connectivity index (χ0v) is 20.7. The lowest BCUT2D eigenvalue weighted by Crippen LogP contribution is -2.43. The highest BCUT2D eigenvalue weighted by molar-refractivity contribution is 6.32. The number of carbonyl (C=O) groups is 2. The molecule has 0 aliphatic carbocycles. The highest BCUT2D eigenvalue weighted by Gasteiger charge is 2.20. The van der Waals surface area contributed by atoms with Crippen molar-refractivity contribution in [1.82, 2.24) is 5.32 Å². The van der Waals surface area contributed by atoms with Gasteiger partial charge in [-0.2, -0.15) is 0 Å². The Bertz CT molecular complexity index is 1030. The van der Waals surface area contributed by atoms with E-state index in [-0.39, 0.29) is 11.8 Å². The summed E-state index contributed by atoms with van der Waals surface area (Å²) in [5.74, 6) is 0.287. The Morgan fingerprint density at radius 1 is 1.15 bits per heavy atom. The van der Waals surface area contributed by atoms with Crippen molar-refractivity contribution in [1.29, 1.82) is 0 Å². The molecular formula is C26H32ClN3O4. The fourth-order valence-electron chi connectivity index (χ4n) is 3.97. The van der Waals surface area contributed by atoms with Gasteiger partial charge in [0.15, 0.2) is 11.5 Å². The molecule has 0 aromatic heterocycles. The summed E-state index contributed by atoms with van der Waals surface area (Å²) in [7, 11) is 3.03. The Labute approximate surface area is 206 Å². The van der Waals surface area contributed by atoms with Crippen molar-refractivity contribution in [2.75, 3.05) is 37.5 Å². The Balaban J connectivity index is 1.65. The standard InChI is InChI=1S/C26H32ClN3O4/c1-4-8-22(26(32)28-19-9-7-10-20(17-19)30-13-5-6-14-30)29-24(31)12-11-18-15-21(27)25(34-3)23(16-18)33-2/h7,9-12,15-17,22H,4-6,8,13-14H2,1-3H3,(H,28,32)(H,29,31)/b12-11+. The number of methoxy groups -OCH3 is 2. The number of amides is 2. The van der Waals surface area contributed by atoms with Gasteiger partial charge in [0.05, 0.1) is 19.2 Å². The van der Waals surface area contributed by atoms with Crippen LogP contribution in [0.5, 0.6) is 11.5 Å². The Morgan fingerprint density at radius 3 is 2.59 bits per heavy atom. The first kappa shape index (κ1) is 25.4. The summed E-state index contributed by atoms with van der Waals surface area (Å²) in [4.78, 5) is 27.8. The van der Waals surface area contributed by atoms with Gasteiger partial charge in [0.2, 0.25) is 11.8 Å². The van der Waals surface area contributed by atoms with Crippen LogP contribution in [0.3, 0.4) is 0 Å². The molecule has 2 aromatic carbocycles. The molecular weight excluding hydrogens is 454 g/mol. The van der Waals surface area contributed by atoms with Gasteiger partial charge in [0, 0.05) is 30.5 Å². The lowest BCUT2D eigenvalue weighted by Gasteiger charge is -2.20. The average molecular weight is 486 g/mol. The average Bonchev–Trinajstić information content (AvgIpc) is 3.37. The van der Waals surface area contributed by atoms with Gasteiger partial charge >= 0.3 is 0 Å². The van der Waals surface area contributed by atoms with E-state index in [1.165, 1.54) is 33.1 Å². The Hall–Kier alpha value is -3.19. The molecule has 2 N–H and O–H groups in total. The topological polar surface area (TPSA) is 79.9 Å². The first-order valence-electron chi connectivity index (χ1n) is 11.5. The fraction of sp³-hybridized carbons (Fsp3) is 0.385. The maximum Gasteiger partial charge on any atom is 0.246 e. The van der Waals surface area contributed by atoms with Crippen molar-refractivity contribution in [3.63, 3.8) is 0 Å². The maximum absolute atomic E-state index is 12.9. The number of benzene rings is 2. The zero-order chi connectivity index (χ0) is 24.5. The van der Waals surface area contributed by atoms with E-state index in [2.05, 4.69) is 21.6 Å². The largest absolute Gasteiger partial charge is 0.493 e. The van der Waals surface area contributed by atoms with Gasteiger partial charge in [-0.1, -0.05) is 31.0 Å². The molecule has 1 aliphatic heterocycles. The second kappa shape index (κ2) is 12.3. The fourth-order valence-corrected chi connectivity index (χ4v) is 4.26. The summed E-state index contributed by atoms with van der Waals surface area (Å²) in [5, 5.41) is 6.14. The summed E-state index contributed by atoms with van der Waals surface area (Å²) in [6, 6.07) is 10.6. The van der Waals surface area contributed by atoms with Crippen molar-refractivity contribution in [2.24, 2.45) is 0 Å². The SMILES string of the molecule is CCCC(NC(=O)/C=C/c1cc(Cl)c(OC)c(OC)c1)C(=O)Nc1cccc(N2CCCC2)c1. The number of carbonyl (C=O) groups excluding carboxylic acids is 2. The summed E-state index contributed by atoms with van der Waals surface area (Å²) in [6.45, 7) is 4.04. The molecule has 0 spiro atoms. The first-order valence-corrected chi connectivity index (χ1v) is 11.9. The van der Waals surface area contributed by atoms with E-state index in [4.69, 9.17) is 21.1 Å². The van der Waals surface area contributed by atoms with Crippen LogP contribution >= 0.6 is 11.6 Å². The monoisotopic (exact) mass is 485 g/mol. The van der Waals surface area contributed by atoms with E-state index in [0.717, 1.165) is 30.9 Å². The third-order valence-electron chi connectivity index (χ3n) is 5.68. The van der Waals surface area contributed by atoms with Crippen LogP contribution in [0.1, 0.15) is 38.2 Å². The molecule has 0 saturated carbocycles. The molecule has 2 aromatic rings. The molecule has 34 heavy (non-hydrogen) atoms. The predicted molar refractivity (Wildman–Crippen MR) is 137 cm³/mol. The number of rotatable bonds is 10. The summed E-state index contributed by atoms with van der Waals surface area (Å²) in [6.07, 6.45) is 6.64. The second-order valence-electron chi connectivity index (χ2n) is 8.16. The zero-order valence-electron chi connectivity index (χ0n) is 19.9. The van der Waals surface area contributed by atoms with Crippen molar-refractivity contribution in [3.05, 3.63) is 53.1 Å². The summed E-state index contributed by atoms with van der Waals surface area (Å²) in [5.41, 5.74) is 2.50. The van der Waals surface area contributed by atoms with E-state index in [9.17, 15) is 9.59 Å². The molecule has 0 bridgehead atoms. The normalized spacial score (nSPS) is 14.2. The van der Waals surface area contributed by atoms with Crippen molar-refractivity contribution >= 4 is 40.9 Å². The van der Waals surface area contributed by atoms with Crippen LogP contribution in [-0.4, -0.2) is 45.2 Å². The van der Waals surface area contributed by atoms with E-state index < -0.39 is 6.04 Å². The quantitative estimate of drug-likeness (QED) is 0.468. The third kappa shape index (κ3) is 6.67. The molecule has 1 fully saturated rings. The number of nitrogens with one attached hydrogen (secondary N) is 2. The number of hydrogen-bond donors (Lipinski definition) is 2. The van der Waals surface area contributed by atoms with Gasteiger partial charge in [-0.3, -0.25) is 9.59 Å². The smallest absolute Gasteiger partial charge is 0.246 e. The number of hydrogen-bond acceptors (Lipinski definition) is 5. The highest BCUT2D eigenvalue weighted by Crippen LogP contribution is 2.36. The minimum Gasteiger partial charge on any atom is -0.493 e. The summed E-state index contributed by atoms with van der Waals surface area (Å²) < 4.78 is 10.5. The third-order valence-corrected chi connectivity index (χ3v) is 5.96. The van der Waals surface area contributed by atoms with Gasteiger partial charge in [-0.15, -0.1) is 0 Å². The molecule has 7 nitrogen and oxygen atoms in total. The van der Waals surface area contributed by atoms with Crippen LogP contribution in [0, 0.1) is 0 Å². The minimum atomic E-state index is -0.647. The van der Waals surface area contributed by atoms with Crippen LogP contribution in [0.25, 0.3) is 6.08 Å². The molecule has 1 atom stereocenters. The maximum atomic E-state index is 12.9. The van der Waals surface area contributed by atoms with Crippen LogP contribution in [0.4, 0.5) is 11.4 Å². The van der Waals surface area contributed by atoms with E-state index in [0.29, 0.717) is 28.5 Å². The van der Waals surface area contributed by atoms with Crippen molar-refractivity contribution < 1.29 is 19.1 Å². The van der Waals surface area contributed by atoms with Crippen LogP contribution in [-0.2, 0) is 9.59 Å². The van der Waals surface area contributed by atoms with E-state index >= 15 is 0 Å². The van der Waals surface area contributed by atoms with Gasteiger partial charge < -0.3 is 25.0 Å². The number of halogens is 1. The molecule has 3 rings (SSSR count). The minimum absolute atomic E-state index is 0.240. The van der Waals surface area contributed by atoms with Crippen molar-refractivity contribution in [3.8, 4) is 11.5 Å². The molecule has 182 valence electrons. The van der Waals surface area contributed by atoms with Gasteiger partial charge in [-0.05, 0) is 61.2 Å². The molecule has 2 amide bonds. The van der Waals surface area contributed by atoms with Gasteiger partial charge in [0.1, 0.15) is 6.04 Å². The highest BCUT2D eigenvalue weighted by atomic mass is 35.5. The van der Waals surface area contributed by atoms with Crippen LogP contribution in [0.2, 0.25) is 5.02 Å². The molecule has 1 unspecified atom stereocenters. The molecule has 8 heteroatoms. The van der Waals surface area contributed by atoms with E-state index in [1.807, 2.05) is 25.1 Å².